The maximum atomic E-state index is 2.39. The molecule has 1 saturated heterocycles. The van der Waals surface area contributed by atoms with Gasteiger partial charge in [-0.1, -0.05) is 24.9 Å². The van der Waals surface area contributed by atoms with Crippen molar-refractivity contribution in [1.82, 2.24) is 0 Å². The third-order valence-corrected chi connectivity index (χ3v) is 12.5. The molecule has 0 unspecified atom stereocenters. The molecule has 34 heavy (non-hydrogen) atoms. The van der Waals surface area contributed by atoms with Gasteiger partial charge >= 0.3 is 176 Å². The summed E-state index contributed by atoms with van der Waals surface area (Å²) in [5.41, 5.74) is 8.73. The first-order valence-electron chi connectivity index (χ1n) is 12.5. The van der Waals surface area contributed by atoms with Crippen LogP contribution in [0.5, 0.6) is 0 Å². The first-order chi connectivity index (χ1) is 15.8. The second-order valence-corrected chi connectivity index (χ2v) is 14.7. The molecule has 1 heterocycles. The zero-order valence-electron chi connectivity index (χ0n) is 20.5. The number of halogens is 2. The molecule has 0 radical (unpaired) electrons. The average Bonchev–Trinajstić information content (AvgIpc) is 3.63. The van der Waals surface area contributed by atoms with Crippen molar-refractivity contribution in [2.45, 2.75) is 64.5 Å². The maximum Gasteiger partial charge on any atom is -1.00 e. The number of hydrogen-bond donors (Lipinski definition) is 0. The molecule has 0 spiro atoms. The molecule has 2 aromatic carbocycles. The van der Waals surface area contributed by atoms with Crippen LogP contribution in [-0.4, -0.2) is 9.52 Å². The van der Waals surface area contributed by atoms with Crippen LogP contribution in [0.4, 0.5) is 0 Å². The van der Waals surface area contributed by atoms with Gasteiger partial charge < -0.3 is 24.8 Å². The van der Waals surface area contributed by atoms with Gasteiger partial charge in [-0.3, -0.25) is 0 Å². The van der Waals surface area contributed by atoms with Gasteiger partial charge in [0.25, 0.3) is 0 Å². The zero-order valence-corrected chi connectivity index (χ0v) is 25.9. The van der Waals surface area contributed by atoms with E-state index < -0.39 is 23.2 Å². The quantitative estimate of drug-likeness (QED) is 0.453. The van der Waals surface area contributed by atoms with Crippen molar-refractivity contribution >= 4 is 20.7 Å². The van der Waals surface area contributed by atoms with Crippen molar-refractivity contribution in [1.29, 1.82) is 0 Å². The molecule has 5 rings (SSSR count). The Balaban J connectivity index is 0.000000520. The number of allylic oxidation sites excluding steroid dienone is 8. The third kappa shape index (κ3) is 7.79. The first kappa shape index (κ1) is 29.3. The maximum absolute atomic E-state index is 2.39. The summed E-state index contributed by atoms with van der Waals surface area (Å²) >= 11 is -0.758. The predicted octanol–water partition coefficient (Wildman–Crippen LogP) is 1.73. The van der Waals surface area contributed by atoms with Crippen LogP contribution in [0.1, 0.15) is 61.8 Å². The first-order valence-corrected chi connectivity index (χ1v) is 17.0. The molecule has 0 nitrogen and oxygen atoms in total. The molecule has 0 amide bonds. The van der Waals surface area contributed by atoms with E-state index in [1.807, 2.05) is 0 Å². The second-order valence-electron chi connectivity index (χ2n) is 9.00. The number of benzene rings is 2. The SMILES string of the molecule is C1CC[SiH2]C1.CCc1cccc(C2=[C]([Zr+2][C]3=C(c4cccc(CC)c4)C=CC3)CC=C2)c1.[Cl-].[Cl-]. The van der Waals surface area contributed by atoms with Crippen molar-refractivity contribution in [3.05, 3.63) is 102 Å². The van der Waals surface area contributed by atoms with E-state index in [0.29, 0.717) is 9.52 Å². The van der Waals surface area contributed by atoms with Gasteiger partial charge in [-0.05, 0) is 0 Å². The average molecular weight is 587 g/mol. The Morgan fingerprint density at radius 2 is 1.18 bits per heavy atom. The Bertz CT molecular complexity index is 974. The van der Waals surface area contributed by atoms with Crippen LogP contribution in [0.3, 0.4) is 0 Å². The summed E-state index contributed by atoms with van der Waals surface area (Å²) in [6.07, 6.45) is 17.1. The number of rotatable bonds is 6. The zero-order chi connectivity index (χ0) is 22.2. The Labute approximate surface area is 233 Å². The fraction of sp³-hybridized carbons (Fsp3) is 0.333. The van der Waals surface area contributed by atoms with Crippen molar-refractivity contribution in [2.75, 3.05) is 0 Å². The van der Waals surface area contributed by atoms with Crippen molar-refractivity contribution in [2.24, 2.45) is 0 Å². The van der Waals surface area contributed by atoms with Crippen LogP contribution >= 0.6 is 0 Å². The Morgan fingerprint density at radius 1 is 0.706 bits per heavy atom. The predicted molar refractivity (Wildman–Crippen MR) is 140 cm³/mol. The summed E-state index contributed by atoms with van der Waals surface area (Å²) in [6.45, 7) is 4.47. The molecule has 0 aromatic heterocycles. The monoisotopic (exact) mass is 584 g/mol. The van der Waals surface area contributed by atoms with Gasteiger partial charge in [0.05, 0.1) is 0 Å². The molecule has 2 aliphatic carbocycles. The minimum absolute atomic E-state index is 0. The fourth-order valence-electron chi connectivity index (χ4n) is 4.77. The summed E-state index contributed by atoms with van der Waals surface area (Å²) < 4.78 is 3.46. The van der Waals surface area contributed by atoms with Crippen LogP contribution in [0.25, 0.3) is 11.1 Å². The smallest absolute Gasteiger partial charge is 1.00 e. The van der Waals surface area contributed by atoms with Gasteiger partial charge in [-0.15, -0.1) is 0 Å². The Morgan fingerprint density at radius 3 is 1.56 bits per heavy atom. The van der Waals surface area contributed by atoms with Crippen LogP contribution in [-0.2, 0) is 36.1 Å². The van der Waals surface area contributed by atoms with Crippen LogP contribution in [0.2, 0.25) is 12.1 Å². The van der Waals surface area contributed by atoms with Crippen molar-refractivity contribution in [3.8, 4) is 0 Å². The largest absolute Gasteiger partial charge is 1.00 e. The topological polar surface area (TPSA) is 0 Å². The van der Waals surface area contributed by atoms with E-state index in [4.69, 9.17) is 0 Å². The molecule has 178 valence electrons. The van der Waals surface area contributed by atoms with E-state index in [9.17, 15) is 0 Å². The van der Waals surface area contributed by atoms with Gasteiger partial charge in [-0.25, -0.2) is 0 Å². The van der Waals surface area contributed by atoms with Crippen LogP contribution < -0.4 is 24.8 Å². The molecule has 2 aromatic rings. The van der Waals surface area contributed by atoms with Crippen molar-refractivity contribution in [3.63, 3.8) is 0 Å². The molecule has 4 heteroatoms. The molecule has 0 saturated carbocycles. The van der Waals surface area contributed by atoms with E-state index in [-0.39, 0.29) is 24.8 Å². The van der Waals surface area contributed by atoms with Gasteiger partial charge in [0.1, 0.15) is 0 Å². The summed E-state index contributed by atoms with van der Waals surface area (Å²) in [5, 5.41) is 0. The van der Waals surface area contributed by atoms with Crippen LogP contribution in [0.15, 0.2) is 79.4 Å². The summed E-state index contributed by atoms with van der Waals surface area (Å²) in [6, 6.07) is 21.5. The normalized spacial score (nSPS) is 16.1. The van der Waals surface area contributed by atoms with E-state index in [1.165, 1.54) is 33.4 Å². The number of hydrogen-bond acceptors (Lipinski definition) is 0. The van der Waals surface area contributed by atoms with Gasteiger partial charge in [0.15, 0.2) is 0 Å². The fourth-order valence-corrected chi connectivity index (χ4v) is 10.3. The molecular weight excluding hydrogens is 551 g/mol. The molecule has 3 aliphatic rings. The standard InChI is InChI=1S/2C13H13.C4H10Si.2ClH.Zr/c2*1-2-11-6-5-9-13(10-11)12-7-3-4-8-12;1-2-4-5-3-1;;;/h2*3,5-7,9-10H,2,4H2,1H3;1-5H2;2*1H;/q;;;;;+2/p-2. The van der Waals surface area contributed by atoms with Gasteiger partial charge in [0, 0.05) is 9.52 Å². The molecule has 1 fully saturated rings. The molecule has 0 N–H and O–H groups in total. The Hall–Kier alpha value is -0.920. The summed E-state index contributed by atoms with van der Waals surface area (Å²) in [7, 11) is 0.543. The minimum Gasteiger partial charge on any atom is -1.00 e. The molecule has 1 aliphatic heterocycles. The van der Waals surface area contributed by atoms with E-state index in [0.717, 1.165) is 25.7 Å². The molecular formula is C30H36Cl2SiZr. The van der Waals surface area contributed by atoms with Gasteiger partial charge in [0.2, 0.25) is 0 Å². The summed E-state index contributed by atoms with van der Waals surface area (Å²) in [5.74, 6) is 0. The van der Waals surface area contributed by atoms with E-state index >= 15 is 0 Å². The second kappa shape index (κ2) is 15.2. The third-order valence-electron chi connectivity index (χ3n) is 6.71. The molecule has 0 bridgehead atoms. The minimum atomic E-state index is -0.758. The summed E-state index contributed by atoms with van der Waals surface area (Å²) in [4.78, 5) is 0. The molecule has 0 atom stereocenters. The van der Waals surface area contributed by atoms with Crippen LogP contribution in [0, 0.1) is 0 Å². The van der Waals surface area contributed by atoms with E-state index in [2.05, 4.69) is 86.7 Å². The van der Waals surface area contributed by atoms with Gasteiger partial charge in [-0.2, -0.15) is 0 Å². The Kier molecular flexibility index (Phi) is 13.1. The number of aryl methyl sites for hydroxylation is 2. The van der Waals surface area contributed by atoms with Crippen molar-refractivity contribution < 1.29 is 48.0 Å². The van der Waals surface area contributed by atoms with E-state index in [1.54, 1.807) is 31.5 Å².